The van der Waals surface area contributed by atoms with E-state index in [1.165, 1.54) is 6.42 Å². The molecule has 1 fully saturated rings. The van der Waals surface area contributed by atoms with Crippen molar-refractivity contribution in [3.63, 3.8) is 0 Å². The summed E-state index contributed by atoms with van der Waals surface area (Å²) in [5.74, 6) is 3.25. The van der Waals surface area contributed by atoms with Crippen LogP contribution in [0.2, 0.25) is 5.02 Å². The van der Waals surface area contributed by atoms with Gasteiger partial charge < -0.3 is 14.7 Å². The van der Waals surface area contributed by atoms with Crippen molar-refractivity contribution < 1.29 is 4.52 Å². The van der Waals surface area contributed by atoms with Gasteiger partial charge in [0.05, 0.1) is 0 Å². The molecule has 1 N–H and O–H groups in total. The quantitative estimate of drug-likeness (QED) is 0.620. The summed E-state index contributed by atoms with van der Waals surface area (Å²) in [5.41, 5.74) is 0.854. The van der Waals surface area contributed by atoms with Crippen LogP contribution in [-0.4, -0.2) is 58.7 Å². The minimum absolute atomic E-state index is 0.561. The number of halogens is 1. The lowest BCUT2D eigenvalue weighted by Gasteiger charge is -2.34. The Labute approximate surface area is 163 Å². The fourth-order valence-corrected chi connectivity index (χ4v) is 4.24. The van der Waals surface area contributed by atoms with E-state index in [0.717, 1.165) is 30.4 Å². The molecule has 0 radical (unpaired) electrons. The van der Waals surface area contributed by atoms with Gasteiger partial charge in [0, 0.05) is 54.7 Å². The average molecular weight is 394 g/mol. The largest absolute Gasteiger partial charge is 0.356 e. The van der Waals surface area contributed by atoms with Crippen LogP contribution in [0.5, 0.6) is 0 Å². The number of benzene rings is 1. The number of nitrogens with one attached hydrogen (secondary N) is 1. The maximum absolute atomic E-state index is 6.01. The van der Waals surface area contributed by atoms with E-state index in [-0.39, 0.29) is 0 Å². The summed E-state index contributed by atoms with van der Waals surface area (Å²) in [4.78, 5) is 11.2. The second-order valence-corrected chi connectivity index (χ2v) is 7.94. The first-order chi connectivity index (χ1) is 12.7. The third-order valence-electron chi connectivity index (χ3n) is 4.28. The highest BCUT2D eigenvalue weighted by molar-refractivity contribution is 8.00. The first kappa shape index (κ1) is 19.0. The lowest BCUT2D eigenvalue weighted by molar-refractivity contribution is 0.375. The molecule has 140 valence electrons. The van der Waals surface area contributed by atoms with Gasteiger partial charge in [-0.3, -0.25) is 4.99 Å². The number of nitrogens with zero attached hydrogens (tertiary/aromatic N) is 4. The van der Waals surface area contributed by atoms with Gasteiger partial charge in [-0.2, -0.15) is 16.7 Å². The lowest BCUT2D eigenvalue weighted by atomic mass is 10.2. The van der Waals surface area contributed by atoms with Gasteiger partial charge in [0.15, 0.2) is 5.96 Å². The Hall–Kier alpha value is -1.73. The fourth-order valence-electron chi connectivity index (χ4n) is 2.87. The Balaban J connectivity index is 1.53. The van der Waals surface area contributed by atoms with E-state index in [2.05, 4.69) is 44.0 Å². The van der Waals surface area contributed by atoms with Crippen LogP contribution in [0.15, 0.2) is 33.8 Å². The maximum atomic E-state index is 6.01. The van der Waals surface area contributed by atoms with E-state index >= 15 is 0 Å². The van der Waals surface area contributed by atoms with Crippen LogP contribution in [0.25, 0.3) is 11.4 Å². The van der Waals surface area contributed by atoms with Gasteiger partial charge in [-0.25, -0.2) is 0 Å². The Morgan fingerprint density at radius 3 is 3.15 bits per heavy atom. The predicted octanol–water partition coefficient (Wildman–Crippen LogP) is 3.34. The number of aromatic nitrogens is 2. The van der Waals surface area contributed by atoms with Gasteiger partial charge in [-0.05, 0) is 18.6 Å². The summed E-state index contributed by atoms with van der Waals surface area (Å²) in [5, 5.41) is 8.78. The highest BCUT2D eigenvalue weighted by Gasteiger charge is 2.21. The van der Waals surface area contributed by atoms with Gasteiger partial charge in [-0.15, -0.1) is 0 Å². The SMILES string of the molecule is CCC1CN(C(=NC)NCCc2nc(-c3cccc(Cl)c3)no2)CCS1. The third kappa shape index (κ3) is 4.92. The molecule has 0 bridgehead atoms. The van der Waals surface area contributed by atoms with E-state index in [9.17, 15) is 0 Å². The first-order valence-corrected chi connectivity index (χ1v) is 10.3. The zero-order valence-corrected chi connectivity index (χ0v) is 16.7. The van der Waals surface area contributed by atoms with Crippen LogP contribution in [0.3, 0.4) is 0 Å². The lowest BCUT2D eigenvalue weighted by Crippen LogP contribution is -2.48. The van der Waals surface area contributed by atoms with Crippen LogP contribution in [0, 0.1) is 0 Å². The van der Waals surface area contributed by atoms with Crippen molar-refractivity contribution in [2.75, 3.05) is 32.4 Å². The van der Waals surface area contributed by atoms with Crippen molar-refractivity contribution in [3.8, 4) is 11.4 Å². The van der Waals surface area contributed by atoms with Gasteiger partial charge in [-0.1, -0.05) is 35.8 Å². The topological polar surface area (TPSA) is 66.5 Å². The smallest absolute Gasteiger partial charge is 0.228 e. The first-order valence-electron chi connectivity index (χ1n) is 8.85. The van der Waals surface area contributed by atoms with Crippen molar-refractivity contribution in [1.29, 1.82) is 0 Å². The highest BCUT2D eigenvalue weighted by Crippen LogP contribution is 2.21. The van der Waals surface area contributed by atoms with Gasteiger partial charge in [0.2, 0.25) is 11.7 Å². The van der Waals surface area contributed by atoms with Gasteiger partial charge in [0.1, 0.15) is 0 Å². The molecule has 2 aromatic rings. The molecule has 26 heavy (non-hydrogen) atoms. The summed E-state index contributed by atoms with van der Waals surface area (Å²) in [7, 11) is 1.83. The molecule has 1 atom stereocenters. The van der Waals surface area contributed by atoms with Crippen LogP contribution in [0.4, 0.5) is 0 Å². The Kier molecular flexibility index (Phi) is 6.80. The maximum Gasteiger partial charge on any atom is 0.228 e. The minimum atomic E-state index is 0.561. The van der Waals surface area contributed by atoms with Crippen molar-refractivity contribution in [3.05, 3.63) is 35.2 Å². The zero-order valence-electron chi connectivity index (χ0n) is 15.1. The van der Waals surface area contributed by atoms with Crippen molar-refractivity contribution >= 4 is 29.3 Å². The standard InChI is InChI=1S/C18H24ClN5OS/c1-3-15-12-24(9-10-26-15)18(20-2)21-8-7-16-22-17(23-25-16)13-5-4-6-14(19)11-13/h4-6,11,15H,3,7-10,12H2,1-2H3,(H,20,21). The second-order valence-electron chi connectivity index (χ2n) is 6.09. The van der Waals surface area contributed by atoms with Crippen LogP contribution in [0.1, 0.15) is 19.2 Å². The van der Waals surface area contributed by atoms with Gasteiger partial charge >= 0.3 is 0 Å². The molecule has 3 rings (SSSR count). The molecular weight excluding hydrogens is 370 g/mol. The molecule has 0 amide bonds. The molecule has 0 saturated carbocycles. The van der Waals surface area contributed by atoms with E-state index in [1.807, 2.05) is 31.3 Å². The second kappa shape index (κ2) is 9.28. The normalized spacial score (nSPS) is 18.2. The summed E-state index contributed by atoms with van der Waals surface area (Å²) < 4.78 is 5.35. The molecule has 1 aliphatic heterocycles. The van der Waals surface area contributed by atoms with Crippen LogP contribution in [-0.2, 0) is 6.42 Å². The monoisotopic (exact) mass is 393 g/mol. The van der Waals surface area contributed by atoms with E-state index in [0.29, 0.717) is 35.0 Å². The Morgan fingerprint density at radius 2 is 2.38 bits per heavy atom. The number of guanidine groups is 1. The number of hydrogen-bond acceptors (Lipinski definition) is 5. The summed E-state index contributed by atoms with van der Waals surface area (Å²) in [6, 6.07) is 7.44. The fraction of sp³-hybridized carbons (Fsp3) is 0.500. The van der Waals surface area contributed by atoms with Crippen molar-refractivity contribution in [2.45, 2.75) is 25.0 Å². The molecule has 2 heterocycles. The van der Waals surface area contributed by atoms with Crippen molar-refractivity contribution in [1.82, 2.24) is 20.4 Å². The van der Waals surface area contributed by atoms with E-state index < -0.39 is 0 Å². The van der Waals surface area contributed by atoms with Crippen LogP contribution < -0.4 is 5.32 Å². The molecular formula is C18H24ClN5OS. The Bertz CT molecular complexity index is 751. The number of thioether (sulfide) groups is 1. The Morgan fingerprint density at radius 1 is 1.50 bits per heavy atom. The van der Waals surface area contributed by atoms with Gasteiger partial charge in [0.25, 0.3) is 0 Å². The molecule has 8 heteroatoms. The zero-order chi connectivity index (χ0) is 18.4. The van der Waals surface area contributed by atoms with E-state index in [4.69, 9.17) is 16.1 Å². The molecule has 1 aliphatic rings. The summed E-state index contributed by atoms with van der Waals surface area (Å²) in [6.07, 6.45) is 1.83. The molecule has 1 unspecified atom stereocenters. The molecule has 1 saturated heterocycles. The molecule has 0 spiro atoms. The number of aliphatic imine (C=N–C) groups is 1. The number of rotatable bonds is 5. The highest BCUT2D eigenvalue weighted by atomic mass is 35.5. The van der Waals surface area contributed by atoms with Crippen molar-refractivity contribution in [2.24, 2.45) is 4.99 Å². The predicted molar refractivity (Wildman–Crippen MR) is 108 cm³/mol. The molecule has 6 nitrogen and oxygen atoms in total. The summed E-state index contributed by atoms with van der Waals surface area (Å²) in [6.45, 7) is 5.01. The van der Waals surface area contributed by atoms with E-state index in [1.54, 1.807) is 0 Å². The molecule has 0 aliphatic carbocycles. The number of hydrogen-bond donors (Lipinski definition) is 1. The molecule has 1 aromatic heterocycles. The third-order valence-corrected chi connectivity index (χ3v) is 5.89. The average Bonchev–Trinajstić information content (AvgIpc) is 3.14. The summed E-state index contributed by atoms with van der Waals surface area (Å²) >= 11 is 8.07. The van der Waals surface area contributed by atoms with Crippen LogP contribution >= 0.6 is 23.4 Å². The molecule has 1 aromatic carbocycles. The minimum Gasteiger partial charge on any atom is -0.356 e.